The van der Waals surface area contributed by atoms with Crippen LogP contribution in [-0.4, -0.2) is 58.6 Å². The zero-order chi connectivity index (χ0) is 21.3. The van der Waals surface area contributed by atoms with E-state index in [0.29, 0.717) is 38.4 Å². The number of imidazole rings is 1. The van der Waals surface area contributed by atoms with Crippen LogP contribution in [0.2, 0.25) is 0 Å². The van der Waals surface area contributed by atoms with Crippen LogP contribution in [0.25, 0.3) is 0 Å². The van der Waals surface area contributed by atoms with Gasteiger partial charge in [-0.15, -0.1) is 24.8 Å². The van der Waals surface area contributed by atoms with E-state index in [0.717, 1.165) is 37.9 Å². The van der Waals surface area contributed by atoms with E-state index in [1.807, 2.05) is 27.8 Å². The minimum atomic E-state index is -0.444. The molecule has 3 aliphatic rings. The first-order valence-corrected chi connectivity index (χ1v) is 11.4. The summed E-state index contributed by atoms with van der Waals surface area (Å²) in [6.45, 7) is 3.96. The molecule has 3 fully saturated rings. The van der Waals surface area contributed by atoms with Crippen LogP contribution in [0.3, 0.4) is 0 Å². The lowest BCUT2D eigenvalue weighted by Gasteiger charge is -2.36. The highest BCUT2D eigenvalue weighted by molar-refractivity contribution is 5.94. The number of ether oxygens (including phenoxy) is 1. The quantitative estimate of drug-likeness (QED) is 0.658. The van der Waals surface area contributed by atoms with Gasteiger partial charge in [0.1, 0.15) is 6.10 Å². The number of benzene rings is 1. The number of esters is 1. The fraction of sp³-hybridized carbons (Fsp3) is 0.542. The van der Waals surface area contributed by atoms with Crippen LogP contribution >= 0.6 is 24.8 Å². The Labute approximate surface area is 207 Å². The maximum absolute atomic E-state index is 13.0. The third-order valence-electron chi connectivity index (χ3n) is 7.27. The number of amides is 1. The SMILES string of the molecule is Cl.Cl.O=C(c1ccc(C2CCNCC2)cc1)N1CCC2(CC1)CC(Cn1ccnc1)OC2=O. The first kappa shape index (κ1) is 25.5. The van der Waals surface area contributed by atoms with Crippen LogP contribution in [0.1, 0.15) is 53.9 Å². The van der Waals surface area contributed by atoms with Crippen LogP contribution in [0.5, 0.6) is 0 Å². The van der Waals surface area contributed by atoms with Crippen LogP contribution in [-0.2, 0) is 16.1 Å². The molecule has 1 unspecified atom stereocenters. The van der Waals surface area contributed by atoms with Crippen molar-refractivity contribution in [3.05, 3.63) is 54.1 Å². The summed E-state index contributed by atoms with van der Waals surface area (Å²) in [6, 6.07) is 8.16. The summed E-state index contributed by atoms with van der Waals surface area (Å²) in [4.78, 5) is 31.6. The Hall–Kier alpha value is -2.09. The summed E-state index contributed by atoms with van der Waals surface area (Å²) in [5.74, 6) is 0.549. The van der Waals surface area contributed by atoms with Crippen LogP contribution in [0.15, 0.2) is 43.0 Å². The molecule has 3 aliphatic heterocycles. The van der Waals surface area contributed by atoms with Gasteiger partial charge in [0, 0.05) is 37.5 Å². The number of cyclic esters (lactones) is 1. The van der Waals surface area contributed by atoms with Crippen molar-refractivity contribution >= 4 is 36.7 Å². The van der Waals surface area contributed by atoms with E-state index in [2.05, 4.69) is 22.4 Å². The van der Waals surface area contributed by atoms with Gasteiger partial charge in [0.15, 0.2) is 0 Å². The lowest BCUT2D eigenvalue weighted by Crippen LogP contribution is -2.45. The molecule has 180 valence electrons. The van der Waals surface area contributed by atoms with Gasteiger partial charge in [-0.1, -0.05) is 12.1 Å². The Balaban J connectivity index is 0.00000153. The number of hydrogen-bond donors (Lipinski definition) is 1. The Morgan fingerprint density at radius 2 is 1.82 bits per heavy atom. The molecule has 33 heavy (non-hydrogen) atoms. The number of piperidine rings is 2. The normalized spacial score (nSPS) is 22.4. The summed E-state index contributed by atoms with van der Waals surface area (Å²) >= 11 is 0. The molecular formula is C24H32Cl2N4O3. The molecule has 5 rings (SSSR count). The first-order valence-electron chi connectivity index (χ1n) is 11.4. The number of carbonyl (C=O) groups is 2. The van der Waals surface area contributed by atoms with Crippen molar-refractivity contribution in [1.82, 2.24) is 19.8 Å². The first-order chi connectivity index (χ1) is 15.1. The molecule has 0 aliphatic carbocycles. The van der Waals surface area contributed by atoms with Crippen molar-refractivity contribution in [2.75, 3.05) is 26.2 Å². The zero-order valence-electron chi connectivity index (χ0n) is 18.7. The fourth-order valence-electron chi connectivity index (χ4n) is 5.35. The highest BCUT2D eigenvalue weighted by Gasteiger charge is 2.50. The van der Waals surface area contributed by atoms with Gasteiger partial charge in [0.2, 0.25) is 0 Å². The highest BCUT2D eigenvalue weighted by Crippen LogP contribution is 2.43. The number of aromatic nitrogens is 2. The van der Waals surface area contributed by atoms with E-state index in [-0.39, 0.29) is 42.8 Å². The van der Waals surface area contributed by atoms with Crippen molar-refractivity contribution in [1.29, 1.82) is 0 Å². The summed E-state index contributed by atoms with van der Waals surface area (Å²) < 4.78 is 7.63. The maximum Gasteiger partial charge on any atom is 0.312 e. The van der Waals surface area contributed by atoms with Crippen molar-refractivity contribution in [3.63, 3.8) is 0 Å². The third kappa shape index (κ3) is 5.36. The molecule has 0 bridgehead atoms. The Kier molecular flexibility index (Phi) is 8.43. The topological polar surface area (TPSA) is 76.5 Å². The van der Waals surface area contributed by atoms with E-state index in [1.165, 1.54) is 5.56 Å². The predicted octanol–water partition coefficient (Wildman–Crippen LogP) is 3.43. The largest absolute Gasteiger partial charge is 0.460 e. The van der Waals surface area contributed by atoms with Gasteiger partial charge >= 0.3 is 5.97 Å². The van der Waals surface area contributed by atoms with E-state index in [4.69, 9.17) is 4.74 Å². The molecule has 4 heterocycles. The van der Waals surface area contributed by atoms with Crippen molar-refractivity contribution in [2.45, 2.75) is 50.7 Å². The average molecular weight is 495 g/mol. The molecule has 1 aromatic heterocycles. The summed E-state index contributed by atoms with van der Waals surface area (Å²) in [7, 11) is 0. The van der Waals surface area contributed by atoms with Gasteiger partial charge in [-0.25, -0.2) is 4.98 Å². The molecule has 2 aromatic rings. The number of nitrogens with one attached hydrogen (secondary N) is 1. The van der Waals surface area contributed by atoms with E-state index < -0.39 is 5.41 Å². The highest BCUT2D eigenvalue weighted by atomic mass is 35.5. The predicted molar refractivity (Wildman–Crippen MR) is 130 cm³/mol. The third-order valence-corrected chi connectivity index (χ3v) is 7.27. The van der Waals surface area contributed by atoms with Crippen LogP contribution in [0.4, 0.5) is 0 Å². The minimum absolute atomic E-state index is 0. The van der Waals surface area contributed by atoms with Gasteiger partial charge in [-0.2, -0.15) is 0 Å². The number of halogens is 2. The molecule has 9 heteroatoms. The lowest BCUT2D eigenvalue weighted by molar-refractivity contribution is -0.150. The van der Waals surface area contributed by atoms with Gasteiger partial charge in [-0.3, -0.25) is 9.59 Å². The molecule has 7 nitrogen and oxygen atoms in total. The maximum atomic E-state index is 13.0. The van der Waals surface area contributed by atoms with Crippen LogP contribution < -0.4 is 5.32 Å². The van der Waals surface area contributed by atoms with Crippen molar-refractivity contribution in [3.8, 4) is 0 Å². The molecular weight excluding hydrogens is 463 g/mol. The Morgan fingerprint density at radius 3 is 2.45 bits per heavy atom. The summed E-state index contributed by atoms with van der Waals surface area (Å²) in [6.07, 6.45) is 9.61. The number of carbonyl (C=O) groups excluding carboxylic acids is 2. The van der Waals surface area contributed by atoms with Crippen molar-refractivity contribution in [2.24, 2.45) is 5.41 Å². The zero-order valence-corrected chi connectivity index (χ0v) is 20.3. The van der Waals surface area contributed by atoms with Gasteiger partial charge in [0.05, 0.1) is 18.3 Å². The Bertz CT molecular complexity index is 922. The summed E-state index contributed by atoms with van der Waals surface area (Å²) in [5, 5.41) is 3.40. The number of nitrogens with zero attached hydrogens (tertiary/aromatic N) is 3. The molecule has 0 radical (unpaired) electrons. The molecule has 0 saturated carbocycles. The van der Waals surface area contributed by atoms with Crippen molar-refractivity contribution < 1.29 is 14.3 Å². The van der Waals surface area contributed by atoms with Gasteiger partial charge in [0.25, 0.3) is 5.91 Å². The summed E-state index contributed by atoms with van der Waals surface area (Å²) in [5.41, 5.74) is 1.62. The second kappa shape index (κ2) is 10.9. The van der Waals surface area contributed by atoms with Gasteiger partial charge in [-0.05, 0) is 62.4 Å². The van der Waals surface area contributed by atoms with E-state index in [1.54, 1.807) is 12.5 Å². The smallest absolute Gasteiger partial charge is 0.312 e. The molecule has 1 amide bonds. The monoisotopic (exact) mass is 494 g/mol. The minimum Gasteiger partial charge on any atom is -0.460 e. The fourth-order valence-corrected chi connectivity index (χ4v) is 5.35. The average Bonchev–Trinajstić information content (AvgIpc) is 3.43. The number of hydrogen-bond acceptors (Lipinski definition) is 5. The number of likely N-dealkylation sites (tertiary alicyclic amines) is 1. The molecule has 1 N–H and O–H groups in total. The molecule has 1 spiro atoms. The second-order valence-corrected chi connectivity index (χ2v) is 9.21. The molecule has 3 saturated heterocycles. The number of rotatable bonds is 4. The van der Waals surface area contributed by atoms with Gasteiger partial charge < -0.3 is 19.5 Å². The standard InChI is InChI=1S/C24H30N4O3.2ClH/c29-22(20-3-1-18(2-4-20)19-5-9-25-10-6-19)28-12-7-24(8-13-28)15-21(31-23(24)30)16-27-14-11-26-17-27;;/h1-4,11,14,17,19,21,25H,5-10,12-13,15-16H2;2*1H. The second-order valence-electron chi connectivity index (χ2n) is 9.21. The lowest BCUT2D eigenvalue weighted by atomic mass is 9.76. The van der Waals surface area contributed by atoms with E-state index in [9.17, 15) is 9.59 Å². The van der Waals surface area contributed by atoms with E-state index >= 15 is 0 Å². The van der Waals surface area contributed by atoms with Crippen LogP contribution in [0, 0.1) is 5.41 Å². The molecule has 1 atom stereocenters. The Morgan fingerprint density at radius 1 is 1.12 bits per heavy atom. The molecule has 1 aromatic carbocycles.